The standard InChI is InChI=1S/C51H31N5S/c1-3-15-32(16-4-1)49-52-50(33-17-5-2-6-18-33)54-51(53-49)40-24-13-22-38-39-23-14-28-46(48(39)57-47(38)40)56-44-27-12-9-21-37(44)41-31-34(29-30-45(41)56)55-42-25-10-7-19-35(42)36-20-8-11-26-43(36)55/h1-31H. The highest BCUT2D eigenvalue weighted by Gasteiger charge is 2.21. The Bertz CT molecular complexity index is 3410. The van der Waals surface area contributed by atoms with Gasteiger partial charge in [-0.3, -0.25) is 0 Å². The van der Waals surface area contributed by atoms with Crippen LogP contribution in [-0.2, 0) is 0 Å². The van der Waals surface area contributed by atoms with Crippen LogP contribution in [-0.4, -0.2) is 24.1 Å². The van der Waals surface area contributed by atoms with Crippen LogP contribution in [0, 0.1) is 0 Å². The normalized spacial score (nSPS) is 11.9. The van der Waals surface area contributed by atoms with Gasteiger partial charge in [-0.2, -0.15) is 0 Å². The molecular formula is C51H31N5S. The van der Waals surface area contributed by atoms with Gasteiger partial charge in [0.2, 0.25) is 0 Å². The van der Waals surface area contributed by atoms with E-state index in [1.165, 1.54) is 59.1 Å². The van der Waals surface area contributed by atoms with Gasteiger partial charge in [-0.1, -0.05) is 140 Å². The molecule has 0 saturated carbocycles. The topological polar surface area (TPSA) is 48.5 Å². The van der Waals surface area contributed by atoms with E-state index in [0.29, 0.717) is 17.5 Å². The number of hydrogen-bond acceptors (Lipinski definition) is 4. The molecule has 0 radical (unpaired) electrons. The number of rotatable bonds is 5. The van der Waals surface area contributed by atoms with Gasteiger partial charge in [-0.05, 0) is 48.5 Å². The van der Waals surface area contributed by atoms with Crippen molar-refractivity contribution in [2.45, 2.75) is 0 Å². The van der Waals surface area contributed by atoms with Crippen LogP contribution in [0.5, 0.6) is 0 Å². The third kappa shape index (κ3) is 4.91. The summed E-state index contributed by atoms with van der Waals surface area (Å²) in [6, 6.07) is 66.7. The summed E-state index contributed by atoms with van der Waals surface area (Å²) in [6.45, 7) is 0. The molecule has 6 heteroatoms. The summed E-state index contributed by atoms with van der Waals surface area (Å²) in [5.74, 6) is 1.98. The van der Waals surface area contributed by atoms with Crippen molar-refractivity contribution in [2.24, 2.45) is 0 Å². The molecular weight excluding hydrogens is 715 g/mol. The summed E-state index contributed by atoms with van der Waals surface area (Å²) in [5.41, 5.74) is 9.96. The van der Waals surface area contributed by atoms with Crippen LogP contribution in [0.1, 0.15) is 0 Å². The van der Waals surface area contributed by atoms with Gasteiger partial charge in [0, 0.05) is 59.4 Å². The van der Waals surface area contributed by atoms with Gasteiger partial charge in [0.15, 0.2) is 17.5 Å². The predicted molar refractivity (Wildman–Crippen MR) is 238 cm³/mol. The second-order valence-corrected chi connectivity index (χ2v) is 15.4. The van der Waals surface area contributed by atoms with Gasteiger partial charge >= 0.3 is 0 Å². The van der Waals surface area contributed by atoms with Gasteiger partial charge in [0.05, 0.1) is 32.5 Å². The molecule has 0 aliphatic carbocycles. The first-order chi connectivity index (χ1) is 28.3. The van der Waals surface area contributed by atoms with Crippen LogP contribution in [0.4, 0.5) is 0 Å². The number of thiophene rings is 1. The first-order valence-corrected chi connectivity index (χ1v) is 19.9. The molecule has 0 fully saturated rings. The maximum atomic E-state index is 5.12. The minimum absolute atomic E-state index is 0.656. The number of nitrogens with zero attached hydrogens (tertiary/aromatic N) is 5. The van der Waals surface area contributed by atoms with Crippen LogP contribution < -0.4 is 0 Å². The van der Waals surface area contributed by atoms with E-state index in [-0.39, 0.29) is 0 Å². The van der Waals surface area contributed by atoms with E-state index in [1.54, 1.807) is 0 Å². The Labute approximate surface area is 331 Å². The Morgan fingerprint density at radius 1 is 0.333 bits per heavy atom. The molecule has 0 amide bonds. The molecule has 57 heavy (non-hydrogen) atoms. The molecule has 0 bridgehead atoms. The lowest BCUT2D eigenvalue weighted by atomic mass is 10.1. The lowest BCUT2D eigenvalue weighted by molar-refractivity contribution is 1.08. The quantitative estimate of drug-likeness (QED) is 0.176. The van der Waals surface area contributed by atoms with Crippen molar-refractivity contribution in [1.29, 1.82) is 0 Å². The van der Waals surface area contributed by atoms with E-state index in [1.807, 2.05) is 47.7 Å². The largest absolute Gasteiger partial charge is 0.309 e. The summed E-state index contributed by atoms with van der Waals surface area (Å²) in [6.07, 6.45) is 0. The third-order valence-electron chi connectivity index (χ3n) is 11.2. The fraction of sp³-hybridized carbons (Fsp3) is 0. The van der Waals surface area contributed by atoms with Crippen molar-refractivity contribution in [3.05, 3.63) is 188 Å². The molecule has 0 spiro atoms. The monoisotopic (exact) mass is 745 g/mol. The Morgan fingerprint density at radius 2 is 0.807 bits per heavy atom. The second-order valence-electron chi connectivity index (χ2n) is 14.4. The van der Waals surface area contributed by atoms with Crippen molar-refractivity contribution in [3.8, 4) is 45.5 Å². The number of fused-ring (bicyclic) bond motifs is 9. The summed E-state index contributed by atoms with van der Waals surface area (Å²) in [4.78, 5) is 15.2. The maximum Gasteiger partial charge on any atom is 0.165 e. The summed E-state index contributed by atoms with van der Waals surface area (Å²) < 4.78 is 7.22. The minimum atomic E-state index is 0.656. The van der Waals surface area contributed by atoms with E-state index < -0.39 is 0 Å². The summed E-state index contributed by atoms with van der Waals surface area (Å²) >= 11 is 1.81. The van der Waals surface area contributed by atoms with Crippen molar-refractivity contribution in [1.82, 2.24) is 24.1 Å². The zero-order chi connectivity index (χ0) is 37.5. The van der Waals surface area contributed by atoms with Crippen molar-refractivity contribution >= 4 is 75.1 Å². The fourth-order valence-corrected chi connectivity index (χ4v) is 9.96. The average Bonchev–Trinajstić information content (AvgIpc) is 3.95. The molecule has 0 saturated heterocycles. The van der Waals surface area contributed by atoms with E-state index in [2.05, 4.69) is 161 Å². The number of hydrogen-bond donors (Lipinski definition) is 0. The molecule has 0 aliphatic rings. The Kier molecular flexibility index (Phi) is 7.03. The number of para-hydroxylation sites is 3. The van der Waals surface area contributed by atoms with Crippen LogP contribution >= 0.6 is 11.3 Å². The molecule has 0 aliphatic heterocycles. The second kappa shape index (κ2) is 12.6. The van der Waals surface area contributed by atoms with Crippen LogP contribution in [0.2, 0.25) is 0 Å². The first kappa shape index (κ1) is 31.9. The average molecular weight is 746 g/mol. The molecule has 4 heterocycles. The zero-order valence-electron chi connectivity index (χ0n) is 30.5. The van der Waals surface area contributed by atoms with Gasteiger partial charge < -0.3 is 9.13 Å². The van der Waals surface area contributed by atoms with Crippen LogP contribution in [0.15, 0.2) is 188 Å². The summed E-state index contributed by atoms with van der Waals surface area (Å²) in [5, 5.41) is 7.36. The molecule has 0 atom stereocenters. The molecule has 266 valence electrons. The van der Waals surface area contributed by atoms with Gasteiger partial charge in [-0.25, -0.2) is 15.0 Å². The van der Waals surface area contributed by atoms with Crippen molar-refractivity contribution < 1.29 is 0 Å². The van der Waals surface area contributed by atoms with Crippen LogP contribution in [0.3, 0.4) is 0 Å². The van der Waals surface area contributed by atoms with Crippen molar-refractivity contribution in [2.75, 3.05) is 0 Å². The maximum absolute atomic E-state index is 5.12. The van der Waals surface area contributed by atoms with Gasteiger partial charge in [0.25, 0.3) is 0 Å². The van der Waals surface area contributed by atoms with E-state index in [9.17, 15) is 0 Å². The molecule has 4 aromatic heterocycles. The summed E-state index contributed by atoms with van der Waals surface area (Å²) in [7, 11) is 0. The third-order valence-corrected chi connectivity index (χ3v) is 12.5. The van der Waals surface area contributed by atoms with E-state index >= 15 is 0 Å². The highest BCUT2D eigenvalue weighted by molar-refractivity contribution is 7.26. The molecule has 12 rings (SSSR count). The fourth-order valence-electron chi connectivity index (χ4n) is 8.65. The van der Waals surface area contributed by atoms with Crippen LogP contribution in [0.25, 0.3) is 109 Å². The lowest BCUT2D eigenvalue weighted by Crippen LogP contribution is -2.00. The molecule has 0 unspecified atom stereocenters. The first-order valence-electron chi connectivity index (χ1n) is 19.1. The zero-order valence-corrected chi connectivity index (χ0v) is 31.4. The lowest BCUT2D eigenvalue weighted by Gasteiger charge is -2.11. The molecule has 8 aromatic carbocycles. The highest BCUT2D eigenvalue weighted by atomic mass is 32.1. The molecule has 0 N–H and O–H groups in total. The molecule has 12 aromatic rings. The minimum Gasteiger partial charge on any atom is -0.309 e. The Balaban J connectivity index is 1.08. The van der Waals surface area contributed by atoms with Gasteiger partial charge in [-0.15, -0.1) is 11.3 Å². The van der Waals surface area contributed by atoms with Gasteiger partial charge in [0.1, 0.15) is 0 Å². The highest BCUT2D eigenvalue weighted by Crippen LogP contribution is 2.44. The Morgan fingerprint density at radius 3 is 1.44 bits per heavy atom. The van der Waals surface area contributed by atoms with E-state index in [0.717, 1.165) is 32.8 Å². The number of benzene rings is 8. The Hall–Kier alpha value is -7.41. The van der Waals surface area contributed by atoms with Crippen molar-refractivity contribution in [3.63, 3.8) is 0 Å². The van der Waals surface area contributed by atoms with E-state index in [4.69, 9.17) is 15.0 Å². The predicted octanol–water partition coefficient (Wildman–Crippen LogP) is 13.4. The number of aromatic nitrogens is 5. The SMILES string of the molecule is c1ccc(-c2nc(-c3ccccc3)nc(-c3cccc4c3sc3c(-n5c6ccccc6c6cc(-n7c8ccccc8c8ccccc87)ccc65)cccc34)n2)cc1. The smallest absolute Gasteiger partial charge is 0.165 e. The molecule has 5 nitrogen and oxygen atoms in total.